The highest BCUT2D eigenvalue weighted by Crippen LogP contribution is 2.28. The lowest BCUT2D eigenvalue weighted by molar-refractivity contribution is -0.141. The van der Waals surface area contributed by atoms with Crippen LogP contribution in [0.3, 0.4) is 0 Å². The number of alkyl halides is 3. The number of hydrogen-bond donors (Lipinski definition) is 1. The Hall–Kier alpha value is -2.12. The first-order valence-electron chi connectivity index (χ1n) is 4.03. The van der Waals surface area contributed by atoms with Crippen molar-refractivity contribution in [2.24, 2.45) is 0 Å². The number of hydrogen-bond acceptors (Lipinski definition) is 3. The van der Waals surface area contributed by atoms with Gasteiger partial charge in [-0.25, -0.2) is 14.8 Å². The highest BCUT2D eigenvalue weighted by Gasteiger charge is 2.33. The summed E-state index contributed by atoms with van der Waals surface area (Å²) in [5.74, 6) is -1.39. The minimum Gasteiger partial charge on any atom is -0.476 e. The van der Waals surface area contributed by atoms with E-state index in [9.17, 15) is 18.0 Å². The summed E-state index contributed by atoms with van der Waals surface area (Å²) in [6, 6.07) is 0.649. The van der Waals surface area contributed by atoms with Gasteiger partial charge in [0.15, 0.2) is 5.69 Å². The number of nitrogens with zero attached hydrogens (tertiary/aromatic N) is 3. The van der Waals surface area contributed by atoms with E-state index in [0.717, 1.165) is 17.1 Å². The number of fused-ring (bicyclic) bond motifs is 1. The average molecular weight is 231 g/mol. The molecule has 2 aromatic rings. The Kier molecular flexibility index (Phi) is 2.07. The van der Waals surface area contributed by atoms with Gasteiger partial charge in [-0.1, -0.05) is 0 Å². The molecule has 0 spiro atoms. The van der Waals surface area contributed by atoms with Crippen molar-refractivity contribution in [1.82, 2.24) is 14.4 Å². The molecule has 2 heterocycles. The molecule has 84 valence electrons. The Morgan fingerprint density at radius 2 is 1.94 bits per heavy atom. The van der Waals surface area contributed by atoms with Crippen LogP contribution in [0.25, 0.3) is 5.52 Å². The molecular weight excluding hydrogens is 227 g/mol. The van der Waals surface area contributed by atoms with E-state index in [1.165, 1.54) is 0 Å². The smallest absolute Gasteiger partial charge is 0.433 e. The average Bonchev–Trinajstić information content (AvgIpc) is 2.58. The van der Waals surface area contributed by atoms with Crippen molar-refractivity contribution < 1.29 is 23.1 Å². The van der Waals surface area contributed by atoms with Crippen LogP contribution < -0.4 is 0 Å². The molecule has 0 radical (unpaired) electrons. The molecule has 1 N–H and O–H groups in total. The number of halogens is 3. The van der Waals surface area contributed by atoms with Gasteiger partial charge in [-0.05, 0) is 6.07 Å². The summed E-state index contributed by atoms with van der Waals surface area (Å²) in [6.45, 7) is 0. The normalized spacial score (nSPS) is 11.9. The second kappa shape index (κ2) is 3.19. The van der Waals surface area contributed by atoms with E-state index in [2.05, 4.69) is 9.97 Å². The van der Waals surface area contributed by atoms with Crippen molar-refractivity contribution in [2.45, 2.75) is 6.18 Å². The molecule has 0 atom stereocenters. The van der Waals surface area contributed by atoms with E-state index in [1.54, 1.807) is 0 Å². The second-order valence-corrected chi connectivity index (χ2v) is 2.96. The monoisotopic (exact) mass is 231 g/mol. The Morgan fingerprint density at radius 3 is 2.50 bits per heavy atom. The van der Waals surface area contributed by atoms with Crippen molar-refractivity contribution in [3.63, 3.8) is 0 Å². The van der Waals surface area contributed by atoms with E-state index in [0.29, 0.717) is 6.07 Å². The molecule has 0 aliphatic heterocycles. The van der Waals surface area contributed by atoms with Crippen LogP contribution in [0.1, 0.15) is 16.2 Å². The zero-order valence-corrected chi connectivity index (χ0v) is 7.56. The molecule has 0 aliphatic carbocycles. The van der Waals surface area contributed by atoms with Gasteiger partial charge < -0.3 is 5.11 Å². The molecular formula is C8H4F3N3O2. The third-order valence-corrected chi connectivity index (χ3v) is 1.92. The summed E-state index contributed by atoms with van der Waals surface area (Å²) >= 11 is 0. The standard InChI is InChI=1S/C8H4F3N3O2/c9-8(10,11)5-1-4-6(7(15)16)13-3-14(4)2-12-5/h1-3H,(H,15,16). The fourth-order valence-electron chi connectivity index (χ4n) is 1.22. The lowest BCUT2D eigenvalue weighted by Crippen LogP contribution is -2.09. The molecule has 0 unspecified atom stereocenters. The topological polar surface area (TPSA) is 67.5 Å². The predicted molar refractivity (Wildman–Crippen MR) is 44.9 cm³/mol. The fourth-order valence-corrected chi connectivity index (χ4v) is 1.22. The summed E-state index contributed by atoms with van der Waals surface area (Å²) in [4.78, 5) is 17.3. The highest BCUT2D eigenvalue weighted by atomic mass is 19.4. The zero-order valence-electron chi connectivity index (χ0n) is 7.56. The SMILES string of the molecule is O=C(O)c1ncn2cnc(C(F)(F)F)cc12. The molecule has 8 heteroatoms. The van der Waals surface area contributed by atoms with Crippen LogP contribution in [-0.4, -0.2) is 25.4 Å². The zero-order chi connectivity index (χ0) is 11.9. The van der Waals surface area contributed by atoms with Crippen molar-refractivity contribution in [3.05, 3.63) is 30.1 Å². The van der Waals surface area contributed by atoms with Gasteiger partial charge in [0.25, 0.3) is 0 Å². The summed E-state index contributed by atoms with van der Waals surface area (Å²) < 4.78 is 38.1. The number of carboxylic acid groups (broad SMARTS) is 1. The van der Waals surface area contributed by atoms with Crippen molar-refractivity contribution in [1.29, 1.82) is 0 Å². The molecule has 0 aliphatic rings. The Labute approximate surface area is 86.2 Å². The number of carboxylic acids is 1. The minimum atomic E-state index is -4.61. The van der Waals surface area contributed by atoms with Crippen LogP contribution in [0.4, 0.5) is 13.2 Å². The summed E-state index contributed by atoms with van der Waals surface area (Å²) in [6.07, 6.45) is -2.65. The maximum absolute atomic E-state index is 12.3. The predicted octanol–water partition coefficient (Wildman–Crippen LogP) is 1.45. The maximum atomic E-state index is 12.3. The van der Waals surface area contributed by atoms with Gasteiger partial charge in [-0.15, -0.1) is 0 Å². The maximum Gasteiger partial charge on any atom is 0.433 e. The number of aromatic nitrogens is 3. The fraction of sp³-hybridized carbons (Fsp3) is 0.125. The Bertz CT molecular complexity index is 561. The molecule has 0 aromatic carbocycles. The van der Waals surface area contributed by atoms with E-state index in [1.807, 2.05) is 0 Å². The number of aromatic carboxylic acids is 1. The minimum absolute atomic E-state index is 0.144. The molecule has 0 amide bonds. The molecule has 16 heavy (non-hydrogen) atoms. The highest BCUT2D eigenvalue weighted by molar-refractivity contribution is 5.93. The van der Waals surface area contributed by atoms with Crippen LogP contribution in [0.5, 0.6) is 0 Å². The van der Waals surface area contributed by atoms with E-state index in [-0.39, 0.29) is 5.52 Å². The first-order valence-corrected chi connectivity index (χ1v) is 4.03. The van der Waals surface area contributed by atoms with Crippen LogP contribution in [0.2, 0.25) is 0 Å². The molecule has 0 saturated carbocycles. The van der Waals surface area contributed by atoms with Gasteiger partial charge in [0.1, 0.15) is 18.3 Å². The Balaban J connectivity index is 2.68. The van der Waals surface area contributed by atoms with Gasteiger partial charge in [-0.3, -0.25) is 4.40 Å². The molecule has 0 saturated heterocycles. The van der Waals surface area contributed by atoms with Crippen LogP contribution in [0, 0.1) is 0 Å². The molecule has 0 fully saturated rings. The molecule has 5 nitrogen and oxygen atoms in total. The quantitative estimate of drug-likeness (QED) is 0.806. The third-order valence-electron chi connectivity index (χ3n) is 1.92. The van der Waals surface area contributed by atoms with Gasteiger partial charge in [0.05, 0.1) is 5.52 Å². The second-order valence-electron chi connectivity index (χ2n) is 2.96. The van der Waals surface area contributed by atoms with E-state index in [4.69, 9.17) is 5.11 Å². The largest absolute Gasteiger partial charge is 0.476 e. The van der Waals surface area contributed by atoms with Crippen molar-refractivity contribution in [2.75, 3.05) is 0 Å². The molecule has 2 rings (SSSR count). The molecule has 0 bridgehead atoms. The van der Waals surface area contributed by atoms with E-state index < -0.39 is 23.5 Å². The van der Waals surface area contributed by atoms with Crippen molar-refractivity contribution in [3.8, 4) is 0 Å². The van der Waals surface area contributed by atoms with Gasteiger partial charge >= 0.3 is 12.1 Å². The van der Waals surface area contributed by atoms with Crippen molar-refractivity contribution >= 4 is 11.5 Å². The third kappa shape index (κ3) is 1.58. The summed E-state index contributed by atoms with van der Waals surface area (Å²) in [7, 11) is 0. The first-order chi connectivity index (χ1) is 7.39. The van der Waals surface area contributed by atoms with Gasteiger partial charge in [0.2, 0.25) is 0 Å². The lowest BCUT2D eigenvalue weighted by atomic mass is 10.3. The van der Waals surface area contributed by atoms with Crippen LogP contribution in [0.15, 0.2) is 18.7 Å². The summed E-state index contributed by atoms with van der Waals surface area (Å²) in [5.41, 5.74) is -1.73. The van der Waals surface area contributed by atoms with Gasteiger partial charge in [0, 0.05) is 0 Å². The molecule has 2 aromatic heterocycles. The van der Waals surface area contributed by atoms with E-state index >= 15 is 0 Å². The lowest BCUT2D eigenvalue weighted by Gasteiger charge is -2.05. The first kappa shape index (κ1) is 10.4. The van der Waals surface area contributed by atoms with Crippen LogP contribution in [-0.2, 0) is 6.18 Å². The van der Waals surface area contributed by atoms with Crippen LogP contribution >= 0.6 is 0 Å². The number of carbonyl (C=O) groups is 1. The number of imidazole rings is 1. The number of rotatable bonds is 1. The van der Waals surface area contributed by atoms with Gasteiger partial charge in [-0.2, -0.15) is 13.2 Å². The summed E-state index contributed by atoms with van der Waals surface area (Å²) in [5, 5.41) is 8.69. The Morgan fingerprint density at radius 1 is 1.31 bits per heavy atom.